The zero-order valence-electron chi connectivity index (χ0n) is 19.2. The Labute approximate surface area is 213 Å². The normalized spacial score (nSPS) is 14.5. The van der Waals surface area contributed by atoms with Gasteiger partial charge in [0.25, 0.3) is 5.91 Å². The van der Waals surface area contributed by atoms with Gasteiger partial charge in [-0.25, -0.2) is 0 Å². The number of para-hydroxylation sites is 2. The lowest BCUT2D eigenvalue weighted by Crippen LogP contribution is -2.41. The molecule has 1 aliphatic heterocycles. The number of hydrogen-bond donors (Lipinski definition) is 1. The third-order valence-corrected chi connectivity index (χ3v) is 6.17. The first-order valence-corrected chi connectivity index (χ1v) is 11.7. The summed E-state index contributed by atoms with van der Waals surface area (Å²) in [4.78, 5) is 26.5. The van der Waals surface area contributed by atoms with Crippen molar-refractivity contribution in [3.63, 3.8) is 0 Å². The van der Waals surface area contributed by atoms with Crippen LogP contribution in [0.2, 0.25) is 10.0 Å². The number of nitrogens with zero attached hydrogens (tertiary/aromatic N) is 1. The van der Waals surface area contributed by atoms with E-state index >= 15 is 0 Å². The van der Waals surface area contributed by atoms with E-state index in [4.69, 9.17) is 32.7 Å². The van der Waals surface area contributed by atoms with Crippen LogP contribution in [-0.4, -0.2) is 45.3 Å². The first-order chi connectivity index (χ1) is 16.8. The number of likely N-dealkylation sites (N-methyl/N-ethyl adjacent to an activating group) is 1. The standard InChI is InChI=1S/C26H24Cl2N2O5/c1-30-14-18(35-24-6-4-3-5-23(24)30)15-34-17-8-9-19(21(28)13-17)26(32)29-22-11-16(7-10-20(22)27)12-25(31)33-2/h3-11,13,18H,12,14-15H2,1-2H3,(H,29,32)/t18-/m0/s1. The number of amides is 1. The van der Waals surface area contributed by atoms with E-state index in [0.717, 1.165) is 11.4 Å². The first-order valence-electron chi connectivity index (χ1n) is 10.9. The second kappa shape index (κ2) is 10.9. The van der Waals surface area contributed by atoms with E-state index in [-0.39, 0.29) is 23.1 Å². The number of ether oxygens (including phenoxy) is 3. The number of esters is 1. The molecule has 0 saturated carbocycles. The summed E-state index contributed by atoms with van der Waals surface area (Å²) in [7, 11) is 3.33. The Morgan fingerprint density at radius 2 is 1.89 bits per heavy atom. The molecule has 7 nitrogen and oxygen atoms in total. The fraction of sp³-hybridized carbons (Fsp3) is 0.231. The van der Waals surface area contributed by atoms with E-state index < -0.39 is 11.9 Å². The Kier molecular flexibility index (Phi) is 7.68. The van der Waals surface area contributed by atoms with Crippen LogP contribution in [0.5, 0.6) is 11.5 Å². The number of rotatable bonds is 7. The largest absolute Gasteiger partial charge is 0.490 e. The summed E-state index contributed by atoms with van der Waals surface area (Å²) < 4.78 is 16.6. The Hall–Kier alpha value is -3.42. The number of benzene rings is 3. The molecule has 0 radical (unpaired) electrons. The number of fused-ring (bicyclic) bond motifs is 1. The second-order valence-electron chi connectivity index (χ2n) is 8.06. The fourth-order valence-corrected chi connectivity index (χ4v) is 4.17. The number of methoxy groups -OCH3 is 1. The van der Waals surface area contributed by atoms with Crippen molar-refractivity contribution in [1.29, 1.82) is 0 Å². The minimum atomic E-state index is -0.437. The van der Waals surface area contributed by atoms with Gasteiger partial charge in [0, 0.05) is 7.05 Å². The van der Waals surface area contributed by atoms with Gasteiger partial charge in [0.15, 0.2) is 0 Å². The molecule has 1 atom stereocenters. The fourth-order valence-electron chi connectivity index (χ4n) is 3.75. The first kappa shape index (κ1) is 24.7. The molecule has 35 heavy (non-hydrogen) atoms. The van der Waals surface area contributed by atoms with Crippen LogP contribution < -0.4 is 19.7 Å². The van der Waals surface area contributed by atoms with Crippen molar-refractivity contribution in [3.05, 3.63) is 81.8 Å². The van der Waals surface area contributed by atoms with Gasteiger partial charge in [0.05, 0.1) is 47.1 Å². The number of hydrogen-bond acceptors (Lipinski definition) is 6. The highest BCUT2D eigenvalue weighted by Gasteiger charge is 2.24. The molecule has 1 N–H and O–H groups in total. The maximum Gasteiger partial charge on any atom is 0.309 e. The molecule has 1 heterocycles. The molecule has 4 rings (SSSR count). The van der Waals surface area contributed by atoms with Crippen molar-refractivity contribution >= 4 is 46.5 Å². The molecule has 0 spiro atoms. The quantitative estimate of drug-likeness (QED) is 0.434. The Morgan fingerprint density at radius 1 is 1.09 bits per heavy atom. The van der Waals surface area contributed by atoms with Crippen LogP contribution in [0, 0.1) is 0 Å². The van der Waals surface area contributed by atoms with Gasteiger partial charge >= 0.3 is 5.97 Å². The van der Waals surface area contributed by atoms with Gasteiger partial charge in [-0.3, -0.25) is 9.59 Å². The third-order valence-electron chi connectivity index (χ3n) is 5.52. The van der Waals surface area contributed by atoms with E-state index in [1.54, 1.807) is 36.4 Å². The maximum absolute atomic E-state index is 12.8. The smallest absolute Gasteiger partial charge is 0.309 e. The topological polar surface area (TPSA) is 77.1 Å². The molecule has 3 aromatic carbocycles. The molecular formula is C26H24Cl2N2O5. The predicted molar refractivity (Wildman–Crippen MR) is 136 cm³/mol. The van der Waals surface area contributed by atoms with Crippen molar-refractivity contribution < 1.29 is 23.8 Å². The van der Waals surface area contributed by atoms with E-state index in [9.17, 15) is 9.59 Å². The molecule has 0 aliphatic carbocycles. The number of anilines is 2. The number of halogens is 2. The molecule has 1 aliphatic rings. The number of carbonyl (C=O) groups is 2. The van der Waals surface area contributed by atoms with Crippen LogP contribution in [0.25, 0.3) is 0 Å². The van der Waals surface area contributed by atoms with Crippen LogP contribution in [-0.2, 0) is 16.0 Å². The minimum Gasteiger partial charge on any atom is -0.490 e. The minimum absolute atomic E-state index is 0.0649. The van der Waals surface area contributed by atoms with Gasteiger partial charge in [-0.1, -0.05) is 41.4 Å². The highest BCUT2D eigenvalue weighted by Crippen LogP contribution is 2.32. The maximum atomic E-state index is 12.8. The average molecular weight is 515 g/mol. The lowest BCUT2D eigenvalue weighted by Gasteiger charge is -2.33. The summed E-state index contributed by atoms with van der Waals surface area (Å²) in [6.45, 7) is 1.00. The predicted octanol–water partition coefficient (Wildman–Crippen LogP) is 5.24. The second-order valence-corrected chi connectivity index (χ2v) is 8.88. The summed E-state index contributed by atoms with van der Waals surface area (Å²) in [6.07, 6.45) is -0.0915. The lowest BCUT2D eigenvalue weighted by atomic mass is 10.1. The number of nitrogens with one attached hydrogen (secondary N) is 1. The number of carbonyl (C=O) groups excluding carboxylic acids is 2. The van der Waals surface area contributed by atoms with E-state index in [0.29, 0.717) is 35.2 Å². The van der Waals surface area contributed by atoms with Crippen LogP contribution in [0.1, 0.15) is 15.9 Å². The summed E-state index contributed by atoms with van der Waals surface area (Å²) in [5, 5.41) is 3.31. The monoisotopic (exact) mass is 514 g/mol. The van der Waals surface area contributed by atoms with E-state index in [1.165, 1.54) is 7.11 Å². The van der Waals surface area contributed by atoms with Crippen LogP contribution in [0.3, 0.4) is 0 Å². The van der Waals surface area contributed by atoms with E-state index in [1.807, 2.05) is 31.3 Å². The van der Waals surface area contributed by atoms with E-state index in [2.05, 4.69) is 15.0 Å². The van der Waals surface area contributed by atoms with Gasteiger partial charge in [0.1, 0.15) is 24.2 Å². The zero-order chi connectivity index (χ0) is 24.9. The third kappa shape index (κ3) is 5.99. The van der Waals surface area contributed by atoms with Crippen molar-refractivity contribution in [2.24, 2.45) is 0 Å². The van der Waals surface area contributed by atoms with Crippen molar-refractivity contribution in [3.8, 4) is 11.5 Å². The SMILES string of the molecule is COC(=O)Cc1ccc(Cl)c(NC(=O)c2ccc(OC[C@@H]3CN(C)c4ccccc4O3)cc2Cl)c1. The molecule has 0 fully saturated rings. The van der Waals surface area contributed by atoms with Gasteiger partial charge in [-0.05, 0) is 48.0 Å². The summed E-state index contributed by atoms with van der Waals surface area (Å²) >= 11 is 12.6. The molecule has 9 heteroatoms. The Morgan fingerprint density at radius 3 is 2.66 bits per heavy atom. The van der Waals surface area contributed by atoms with Gasteiger partial charge < -0.3 is 24.4 Å². The van der Waals surface area contributed by atoms with Crippen LogP contribution in [0.4, 0.5) is 11.4 Å². The summed E-state index contributed by atoms with van der Waals surface area (Å²) in [5.74, 6) is 0.509. The van der Waals surface area contributed by atoms with Crippen molar-refractivity contribution in [2.45, 2.75) is 12.5 Å². The average Bonchev–Trinajstić information content (AvgIpc) is 2.84. The van der Waals surface area contributed by atoms with Crippen molar-refractivity contribution in [1.82, 2.24) is 0 Å². The molecule has 1 amide bonds. The van der Waals surface area contributed by atoms with Crippen molar-refractivity contribution in [2.75, 3.05) is 37.5 Å². The molecule has 0 aromatic heterocycles. The molecule has 3 aromatic rings. The van der Waals surface area contributed by atoms with Gasteiger partial charge in [-0.2, -0.15) is 0 Å². The molecule has 0 bridgehead atoms. The Bertz CT molecular complexity index is 1250. The summed E-state index contributed by atoms with van der Waals surface area (Å²) in [5.41, 5.74) is 2.33. The van der Waals surface area contributed by atoms with Crippen LogP contribution >= 0.6 is 23.2 Å². The highest BCUT2D eigenvalue weighted by molar-refractivity contribution is 6.36. The molecule has 0 saturated heterocycles. The molecular weight excluding hydrogens is 491 g/mol. The van der Waals surface area contributed by atoms with Gasteiger partial charge in [0.2, 0.25) is 0 Å². The highest BCUT2D eigenvalue weighted by atomic mass is 35.5. The van der Waals surface area contributed by atoms with Crippen LogP contribution in [0.15, 0.2) is 60.7 Å². The molecule has 182 valence electrons. The Balaban J connectivity index is 1.39. The zero-order valence-corrected chi connectivity index (χ0v) is 20.7. The summed E-state index contributed by atoms with van der Waals surface area (Å²) in [6, 6.07) is 17.6. The molecule has 0 unspecified atom stereocenters. The van der Waals surface area contributed by atoms with Gasteiger partial charge in [-0.15, -0.1) is 0 Å². The lowest BCUT2D eigenvalue weighted by molar-refractivity contribution is -0.139.